The molecule has 19 heavy (non-hydrogen) atoms. The summed E-state index contributed by atoms with van der Waals surface area (Å²) in [6.45, 7) is 4.12. The number of pyridine rings is 1. The predicted molar refractivity (Wildman–Crippen MR) is 73.3 cm³/mol. The molecule has 0 spiro atoms. The number of ether oxygens (including phenoxy) is 1. The van der Waals surface area contributed by atoms with Crippen LogP contribution in [0.25, 0.3) is 10.9 Å². The molecule has 0 saturated carbocycles. The minimum Gasteiger partial charge on any atom is -0.453 e. The Bertz CT molecular complexity index is 689. The standard InChI is InChI=1S/C14H16N2O3/c1-8-4-5-10-6-11(7-15-14(18)19-3)13(17)16-12(10)9(8)2/h4-6H,7H2,1-3H3,(H,15,18)(H,16,17). The van der Waals surface area contributed by atoms with Crippen LogP contribution in [0.3, 0.4) is 0 Å². The van der Waals surface area contributed by atoms with Crippen molar-refractivity contribution >= 4 is 17.0 Å². The zero-order chi connectivity index (χ0) is 14.0. The number of nitrogens with one attached hydrogen (secondary N) is 2. The molecule has 5 nitrogen and oxygen atoms in total. The molecular formula is C14H16N2O3. The summed E-state index contributed by atoms with van der Waals surface area (Å²) in [6, 6.07) is 5.75. The topological polar surface area (TPSA) is 71.2 Å². The van der Waals surface area contributed by atoms with Gasteiger partial charge in [0, 0.05) is 5.56 Å². The van der Waals surface area contributed by atoms with Crippen LogP contribution in [-0.2, 0) is 11.3 Å². The van der Waals surface area contributed by atoms with E-state index in [2.05, 4.69) is 15.0 Å². The normalized spacial score (nSPS) is 10.5. The number of rotatable bonds is 2. The molecule has 100 valence electrons. The second-order valence-electron chi connectivity index (χ2n) is 4.44. The number of aromatic nitrogens is 1. The molecule has 1 amide bonds. The lowest BCUT2D eigenvalue weighted by atomic mass is 10.0. The average Bonchev–Trinajstić information content (AvgIpc) is 2.41. The van der Waals surface area contributed by atoms with Gasteiger partial charge in [0.2, 0.25) is 0 Å². The minimum absolute atomic E-state index is 0.144. The first kappa shape index (κ1) is 13.1. The molecular weight excluding hydrogens is 244 g/mol. The summed E-state index contributed by atoms with van der Waals surface area (Å²) in [5, 5.41) is 3.45. The highest BCUT2D eigenvalue weighted by molar-refractivity contribution is 5.83. The van der Waals surface area contributed by atoms with Gasteiger partial charge in [-0.15, -0.1) is 0 Å². The van der Waals surface area contributed by atoms with E-state index in [4.69, 9.17) is 0 Å². The fourth-order valence-corrected chi connectivity index (χ4v) is 1.94. The lowest BCUT2D eigenvalue weighted by Crippen LogP contribution is -2.26. The van der Waals surface area contributed by atoms with Gasteiger partial charge in [0.05, 0.1) is 19.2 Å². The SMILES string of the molecule is COC(=O)NCc1cc2ccc(C)c(C)c2[nH]c1=O. The van der Waals surface area contributed by atoms with Gasteiger partial charge in [-0.3, -0.25) is 4.79 Å². The second-order valence-corrected chi connectivity index (χ2v) is 4.44. The molecule has 2 aromatic rings. The van der Waals surface area contributed by atoms with Crippen molar-refractivity contribution in [3.05, 3.63) is 45.2 Å². The molecule has 0 aliphatic heterocycles. The zero-order valence-corrected chi connectivity index (χ0v) is 11.2. The third-order valence-electron chi connectivity index (χ3n) is 3.24. The van der Waals surface area contributed by atoms with Crippen LogP contribution in [0.2, 0.25) is 0 Å². The van der Waals surface area contributed by atoms with Crippen LogP contribution in [-0.4, -0.2) is 18.2 Å². The molecule has 0 fully saturated rings. The summed E-state index contributed by atoms with van der Waals surface area (Å²) >= 11 is 0. The van der Waals surface area contributed by atoms with Gasteiger partial charge in [0.25, 0.3) is 5.56 Å². The molecule has 0 radical (unpaired) electrons. The number of aryl methyl sites for hydroxylation is 2. The van der Waals surface area contributed by atoms with Gasteiger partial charge in [-0.05, 0) is 36.4 Å². The van der Waals surface area contributed by atoms with E-state index in [1.807, 2.05) is 26.0 Å². The Kier molecular flexibility index (Phi) is 3.55. The fourth-order valence-electron chi connectivity index (χ4n) is 1.94. The van der Waals surface area contributed by atoms with Crippen molar-refractivity contribution in [3.63, 3.8) is 0 Å². The number of carbonyl (C=O) groups is 1. The Morgan fingerprint density at radius 3 is 2.79 bits per heavy atom. The minimum atomic E-state index is -0.556. The number of hydrogen-bond acceptors (Lipinski definition) is 3. The van der Waals surface area contributed by atoms with Crippen LogP contribution >= 0.6 is 0 Å². The molecule has 2 rings (SSSR count). The van der Waals surface area contributed by atoms with Gasteiger partial charge in [0.1, 0.15) is 0 Å². The van der Waals surface area contributed by atoms with Gasteiger partial charge < -0.3 is 15.0 Å². The number of benzene rings is 1. The lowest BCUT2D eigenvalue weighted by molar-refractivity contribution is 0.170. The maximum absolute atomic E-state index is 11.9. The van der Waals surface area contributed by atoms with E-state index < -0.39 is 6.09 Å². The number of alkyl carbamates (subject to hydrolysis) is 1. The average molecular weight is 260 g/mol. The summed E-state index contributed by atoms with van der Waals surface area (Å²) in [7, 11) is 1.28. The summed E-state index contributed by atoms with van der Waals surface area (Å²) < 4.78 is 4.47. The first-order chi connectivity index (χ1) is 9.02. The Morgan fingerprint density at radius 2 is 2.11 bits per heavy atom. The summed E-state index contributed by atoms with van der Waals surface area (Å²) in [4.78, 5) is 25.8. The third kappa shape index (κ3) is 2.59. The largest absolute Gasteiger partial charge is 0.453 e. The van der Waals surface area contributed by atoms with Gasteiger partial charge in [-0.1, -0.05) is 12.1 Å². The van der Waals surface area contributed by atoms with Gasteiger partial charge >= 0.3 is 6.09 Å². The number of aromatic amines is 1. The lowest BCUT2D eigenvalue weighted by Gasteiger charge is -2.08. The zero-order valence-electron chi connectivity index (χ0n) is 11.2. The van der Waals surface area contributed by atoms with Crippen LogP contribution < -0.4 is 10.9 Å². The first-order valence-electron chi connectivity index (χ1n) is 5.97. The van der Waals surface area contributed by atoms with Crippen molar-refractivity contribution in [3.8, 4) is 0 Å². The van der Waals surface area contributed by atoms with Crippen molar-refractivity contribution in [2.24, 2.45) is 0 Å². The molecule has 1 aromatic carbocycles. The van der Waals surface area contributed by atoms with Crippen molar-refractivity contribution in [2.75, 3.05) is 7.11 Å². The van der Waals surface area contributed by atoms with E-state index in [0.717, 1.165) is 22.0 Å². The first-order valence-corrected chi connectivity index (χ1v) is 5.97. The molecule has 1 heterocycles. The number of fused-ring (bicyclic) bond motifs is 1. The van der Waals surface area contributed by atoms with E-state index in [9.17, 15) is 9.59 Å². The van der Waals surface area contributed by atoms with Crippen LogP contribution in [0.5, 0.6) is 0 Å². The quantitative estimate of drug-likeness (QED) is 0.867. The number of H-pyrrole nitrogens is 1. The Hall–Kier alpha value is -2.30. The van der Waals surface area contributed by atoms with E-state index in [0.29, 0.717) is 5.56 Å². The van der Waals surface area contributed by atoms with Crippen LogP contribution in [0.15, 0.2) is 23.0 Å². The molecule has 0 saturated heterocycles. The number of hydrogen-bond donors (Lipinski definition) is 2. The van der Waals surface area contributed by atoms with Crippen LogP contribution in [0, 0.1) is 13.8 Å². The van der Waals surface area contributed by atoms with Gasteiger partial charge in [0.15, 0.2) is 0 Å². The monoisotopic (exact) mass is 260 g/mol. The summed E-state index contributed by atoms with van der Waals surface area (Å²) in [5.74, 6) is 0. The highest BCUT2D eigenvalue weighted by Gasteiger charge is 2.07. The van der Waals surface area contributed by atoms with Crippen molar-refractivity contribution in [2.45, 2.75) is 20.4 Å². The highest BCUT2D eigenvalue weighted by Crippen LogP contribution is 2.18. The summed E-state index contributed by atoms with van der Waals surface area (Å²) in [6.07, 6.45) is -0.556. The third-order valence-corrected chi connectivity index (χ3v) is 3.24. The fraction of sp³-hybridized carbons (Fsp3) is 0.286. The molecule has 2 N–H and O–H groups in total. The van der Waals surface area contributed by atoms with Crippen LogP contribution in [0.1, 0.15) is 16.7 Å². The molecule has 0 atom stereocenters. The number of methoxy groups -OCH3 is 1. The van der Waals surface area contributed by atoms with E-state index in [-0.39, 0.29) is 12.1 Å². The Labute approximate surface area is 110 Å². The Balaban J connectivity index is 2.43. The van der Waals surface area contributed by atoms with Crippen molar-refractivity contribution in [1.82, 2.24) is 10.3 Å². The smallest absolute Gasteiger partial charge is 0.407 e. The maximum Gasteiger partial charge on any atom is 0.407 e. The van der Waals surface area contributed by atoms with E-state index in [1.165, 1.54) is 7.11 Å². The summed E-state index contributed by atoms with van der Waals surface area (Å²) in [5.41, 5.74) is 3.33. The number of carbonyl (C=O) groups excluding carboxylic acids is 1. The highest BCUT2D eigenvalue weighted by atomic mass is 16.5. The van der Waals surface area contributed by atoms with Gasteiger partial charge in [-0.25, -0.2) is 4.79 Å². The van der Waals surface area contributed by atoms with Gasteiger partial charge in [-0.2, -0.15) is 0 Å². The van der Waals surface area contributed by atoms with Crippen molar-refractivity contribution in [1.29, 1.82) is 0 Å². The predicted octanol–water partition coefficient (Wildman–Crippen LogP) is 2.00. The molecule has 1 aromatic heterocycles. The molecule has 0 aliphatic carbocycles. The van der Waals surface area contributed by atoms with Crippen LogP contribution in [0.4, 0.5) is 4.79 Å². The molecule has 0 bridgehead atoms. The van der Waals surface area contributed by atoms with E-state index in [1.54, 1.807) is 6.07 Å². The Morgan fingerprint density at radius 1 is 1.37 bits per heavy atom. The molecule has 0 aliphatic rings. The number of amides is 1. The molecule has 5 heteroatoms. The molecule has 0 unspecified atom stereocenters. The second kappa shape index (κ2) is 5.14. The maximum atomic E-state index is 11.9. The van der Waals surface area contributed by atoms with E-state index >= 15 is 0 Å². The van der Waals surface area contributed by atoms with Crippen molar-refractivity contribution < 1.29 is 9.53 Å².